The molecule has 1 fully saturated rings. The van der Waals surface area contributed by atoms with Crippen LogP contribution in [-0.2, 0) is 10.9 Å². The van der Waals surface area contributed by atoms with Crippen molar-refractivity contribution in [1.29, 1.82) is 0 Å². The Morgan fingerprint density at radius 1 is 1.29 bits per heavy atom. The lowest BCUT2D eigenvalue weighted by molar-refractivity contribution is -0.137. The van der Waals surface area contributed by atoms with Crippen LogP contribution in [0.2, 0.25) is 0 Å². The molecule has 2 aromatic rings. The third-order valence-electron chi connectivity index (χ3n) is 3.81. The predicted octanol–water partition coefficient (Wildman–Crippen LogP) is 3.22. The average Bonchev–Trinajstić information content (AvgIpc) is 3.00. The lowest BCUT2D eigenvalue weighted by atomic mass is 10.0. The Morgan fingerprint density at radius 2 is 2.00 bits per heavy atom. The lowest BCUT2D eigenvalue weighted by Gasteiger charge is -2.32. The summed E-state index contributed by atoms with van der Waals surface area (Å²) in [7, 11) is 0. The van der Waals surface area contributed by atoms with E-state index in [9.17, 15) is 18.0 Å². The standard InChI is InChI=1S/C16H15F3N2O3/c1-10-8-13(20-24-10)15(22)21-6-7-23-14(9-21)11-2-4-12(5-3-11)16(17,18)19/h2-5,8,14H,6-7,9H2,1H3. The van der Waals surface area contributed by atoms with E-state index >= 15 is 0 Å². The van der Waals surface area contributed by atoms with Crippen LogP contribution in [0.3, 0.4) is 0 Å². The van der Waals surface area contributed by atoms with E-state index in [2.05, 4.69) is 5.16 Å². The van der Waals surface area contributed by atoms with Gasteiger partial charge in [-0.25, -0.2) is 0 Å². The molecule has 128 valence electrons. The molecule has 0 aliphatic carbocycles. The van der Waals surface area contributed by atoms with Crippen LogP contribution in [0.4, 0.5) is 13.2 Å². The molecule has 8 heteroatoms. The van der Waals surface area contributed by atoms with Crippen molar-refractivity contribution in [3.63, 3.8) is 0 Å². The fraction of sp³-hybridized carbons (Fsp3) is 0.375. The Bertz CT molecular complexity index is 725. The zero-order valence-electron chi connectivity index (χ0n) is 12.8. The van der Waals surface area contributed by atoms with Gasteiger partial charge in [0.25, 0.3) is 5.91 Å². The van der Waals surface area contributed by atoms with Crippen molar-refractivity contribution in [1.82, 2.24) is 10.1 Å². The molecule has 1 amide bonds. The number of carbonyl (C=O) groups excluding carboxylic acids is 1. The molecule has 2 heterocycles. The van der Waals surface area contributed by atoms with Crippen molar-refractivity contribution >= 4 is 5.91 Å². The first kappa shape index (κ1) is 16.5. The Morgan fingerprint density at radius 3 is 2.58 bits per heavy atom. The number of aryl methyl sites for hydroxylation is 1. The number of morpholine rings is 1. The van der Waals surface area contributed by atoms with Gasteiger partial charge < -0.3 is 14.2 Å². The molecular weight excluding hydrogens is 325 g/mol. The number of carbonyl (C=O) groups is 1. The van der Waals surface area contributed by atoms with Gasteiger partial charge in [0.2, 0.25) is 0 Å². The molecule has 24 heavy (non-hydrogen) atoms. The predicted molar refractivity (Wildman–Crippen MR) is 77.3 cm³/mol. The van der Waals surface area contributed by atoms with Crippen LogP contribution in [0, 0.1) is 6.92 Å². The number of rotatable bonds is 2. The highest BCUT2D eigenvalue weighted by atomic mass is 19.4. The summed E-state index contributed by atoms with van der Waals surface area (Å²) in [6.07, 6.45) is -4.85. The molecule has 0 N–H and O–H groups in total. The van der Waals surface area contributed by atoms with Crippen LogP contribution in [0.5, 0.6) is 0 Å². The van der Waals surface area contributed by atoms with E-state index in [0.29, 0.717) is 24.5 Å². The van der Waals surface area contributed by atoms with Crippen LogP contribution in [0.15, 0.2) is 34.9 Å². The smallest absolute Gasteiger partial charge is 0.370 e. The molecule has 0 spiro atoms. The van der Waals surface area contributed by atoms with Gasteiger partial charge in [0.05, 0.1) is 18.7 Å². The van der Waals surface area contributed by atoms with E-state index in [1.165, 1.54) is 12.1 Å². The van der Waals surface area contributed by atoms with Crippen molar-refractivity contribution in [2.24, 2.45) is 0 Å². The van der Waals surface area contributed by atoms with Crippen molar-refractivity contribution in [2.45, 2.75) is 19.2 Å². The van der Waals surface area contributed by atoms with E-state index in [1.807, 2.05) is 0 Å². The molecular formula is C16H15F3N2O3. The summed E-state index contributed by atoms with van der Waals surface area (Å²) < 4.78 is 48.3. The van der Waals surface area contributed by atoms with Gasteiger partial charge in [0.1, 0.15) is 11.9 Å². The summed E-state index contributed by atoms with van der Waals surface area (Å²) in [4.78, 5) is 13.9. The van der Waals surface area contributed by atoms with E-state index in [-0.39, 0.29) is 18.1 Å². The zero-order chi connectivity index (χ0) is 17.3. The molecule has 0 radical (unpaired) electrons. The van der Waals surface area contributed by atoms with E-state index in [0.717, 1.165) is 12.1 Å². The molecule has 5 nitrogen and oxygen atoms in total. The molecule has 0 bridgehead atoms. The fourth-order valence-corrected chi connectivity index (χ4v) is 2.55. The molecule has 1 aromatic carbocycles. The second kappa shape index (κ2) is 6.27. The van der Waals surface area contributed by atoms with Crippen LogP contribution < -0.4 is 0 Å². The third-order valence-corrected chi connectivity index (χ3v) is 3.81. The number of benzene rings is 1. The van der Waals surface area contributed by atoms with Gasteiger partial charge in [-0.3, -0.25) is 4.79 Å². The molecule has 1 aliphatic heterocycles. The van der Waals surface area contributed by atoms with Crippen LogP contribution in [0.1, 0.15) is 33.5 Å². The quantitative estimate of drug-likeness (QED) is 0.842. The Kier molecular flexibility index (Phi) is 4.31. The van der Waals surface area contributed by atoms with Gasteiger partial charge in [-0.15, -0.1) is 0 Å². The average molecular weight is 340 g/mol. The monoisotopic (exact) mass is 340 g/mol. The van der Waals surface area contributed by atoms with Crippen molar-refractivity contribution in [3.8, 4) is 0 Å². The number of alkyl halides is 3. The second-order valence-corrected chi connectivity index (χ2v) is 5.55. The summed E-state index contributed by atoms with van der Waals surface area (Å²) in [6.45, 7) is 2.63. The summed E-state index contributed by atoms with van der Waals surface area (Å²) in [5.74, 6) is 0.248. The number of amides is 1. The fourth-order valence-electron chi connectivity index (χ4n) is 2.55. The molecule has 3 rings (SSSR count). The Labute approximate surface area is 136 Å². The topological polar surface area (TPSA) is 55.6 Å². The van der Waals surface area contributed by atoms with Gasteiger partial charge >= 0.3 is 6.18 Å². The van der Waals surface area contributed by atoms with Gasteiger partial charge in [-0.2, -0.15) is 13.2 Å². The minimum atomic E-state index is -4.38. The van der Waals surface area contributed by atoms with Crippen molar-refractivity contribution in [3.05, 3.63) is 52.9 Å². The van der Waals surface area contributed by atoms with Crippen LogP contribution in [0.25, 0.3) is 0 Å². The normalized spacial score (nSPS) is 18.7. The maximum atomic E-state index is 12.6. The third kappa shape index (κ3) is 3.43. The van der Waals surface area contributed by atoms with Gasteiger partial charge in [0, 0.05) is 12.6 Å². The molecule has 1 unspecified atom stereocenters. The van der Waals surface area contributed by atoms with E-state index in [4.69, 9.17) is 9.26 Å². The molecule has 1 atom stereocenters. The SMILES string of the molecule is Cc1cc(C(=O)N2CCOC(c3ccc(C(F)(F)F)cc3)C2)no1. The van der Waals surface area contributed by atoms with E-state index < -0.39 is 17.8 Å². The number of nitrogens with zero attached hydrogens (tertiary/aromatic N) is 2. The highest BCUT2D eigenvalue weighted by Crippen LogP contribution is 2.31. The molecule has 1 aromatic heterocycles. The Balaban J connectivity index is 1.72. The van der Waals surface area contributed by atoms with Gasteiger partial charge in [-0.05, 0) is 24.6 Å². The molecule has 1 saturated heterocycles. The van der Waals surface area contributed by atoms with Gasteiger partial charge in [-0.1, -0.05) is 17.3 Å². The highest BCUT2D eigenvalue weighted by Gasteiger charge is 2.31. The maximum Gasteiger partial charge on any atom is 0.416 e. The highest BCUT2D eigenvalue weighted by molar-refractivity contribution is 5.92. The Hall–Kier alpha value is -2.35. The minimum absolute atomic E-state index is 0.209. The lowest BCUT2D eigenvalue weighted by Crippen LogP contribution is -2.42. The maximum absolute atomic E-state index is 12.6. The van der Waals surface area contributed by atoms with Crippen LogP contribution in [-0.4, -0.2) is 35.7 Å². The van der Waals surface area contributed by atoms with E-state index in [1.54, 1.807) is 17.9 Å². The summed E-state index contributed by atoms with van der Waals surface area (Å²) in [5.41, 5.74) is 0.0884. The number of hydrogen-bond acceptors (Lipinski definition) is 4. The largest absolute Gasteiger partial charge is 0.416 e. The van der Waals surface area contributed by atoms with Crippen molar-refractivity contribution < 1.29 is 27.2 Å². The first-order chi connectivity index (χ1) is 11.3. The summed E-state index contributed by atoms with van der Waals surface area (Å²) in [5, 5.41) is 3.70. The minimum Gasteiger partial charge on any atom is -0.370 e. The van der Waals surface area contributed by atoms with Crippen LogP contribution >= 0.6 is 0 Å². The second-order valence-electron chi connectivity index (χ2n) is 5.55. The van der Waals surface area contributed by atoms with Gasteiger partial charge in [0.15, 0.2) is 5.69 Å². The zero-order valence-corrected chi connectivity index (χ0v) is 12.8. The first-order valence-corrected chi connectivity index (χ1v) is 7.36. The molecule has 0 saturated carbocycles. The number of aromatic nitrogens is 1. The van der Waals surface area contributed by atoms with Crippen molar-refractivity contribution in [2.75, 3.05) is 19.7 Å². The first-order valence-electron chi connectivity index (χ1n) is 7.36. The summed E-state index contributed by atoms with van der Waals surface area (Å²) in [6, 6.07) is 6.33. The molecule has 1 aliphatic rings. The number of halogens is 3. The summed E-state index contributed by atoms with van der Waals surface area (Å²) >= 11 is 0. The number of ether oxygens (including phenoxy) is 1. The number of hydrogen-bond donors (Lipinski definition) is 0.